The maximum Gasteiger partial charge on any atom is 0.306 e. The van der Waals surface area contributed by atoms with Gasteiger partial charge in [0.05, 0.1) is 13.7 Å². The van der Waals surface area contributed by atoms with E-state index in [1.807, 2.05) is 0 Å². The van der Waals surface area contributed by atoms with E-state index in [4.69, 9.17) is 10.2 Å². The number of halogens is 1. The molecule has 0 aliphatic rings. The number of hydrogen-bond acceptors (Lipinski definition) is 3. The zero-order chi connectivity index (χ0) is 17.8. The molecular weight excluding hydrogens is 247 g/mol. The Kier molecular flexibility index (Phi) is 4.18. The first kappa shape index (κ1) is 10.2. The van der Waals surface area contributed by atoms with E-state index >= 15 is 0 Å². The van der Waals surface area contributed by atoms with Crippen LogP contribution in [0.4, 0.5) is 4.39 Å². The Hall–Kier alpha value is -1.58. The van der Waals surface area contributed by atoms with Crippen LogP contribution in [0.25, 0.3) is 0 Å². The van der Waals surface area contributed by atoms with E-state index < -0.39 is 24.5 Å². The third-order valence-corrected chi connectivity index (χ3v) is 2.50. The Morgan fingerprint density at radius 3 is 2.74 bits per heavy atom. The molecule has 19 heavy (non-hydrogen) atoms. The molecule has 4 heteroatoms. The van der Waals surface area contributed by atoms with Crippen molar-refractivity contribution < 1.29 is 24.1 Å². The van der Waals surface area contributed by atoms with Crippen LogP contribution in [-0.2, 0) is 22.3 Å². The smallest absolute Gasteiger partial charge is 0.306 e. The summed E-state index contributed by atoms with van der Waals surface area (Å²) in [5.74, 6) is -2.11. The van der Waals surface area contributed by atoms with Crippen molar-refractivity contribution in [2.75, 3.05) is 13.7 Å². The Morgan fingerprint density at radius 1 is 1.42 bits per heavy atom. The molecule has 0 N–H and O–H groups in total. The lowest BCUT2D eigenvalue weighted by molar-refractivity contribution is -0.143. The van der Waals surface area contributed by atoms with Crippen molar-refractivity contribution in [2.45, 2.75) is 39.4 Å². The van der Waals surface area contributed by atoms with E-state index in [1.54, 1.807) is 6.92 Å². The number of aryl methyl sites for hydroxylation is 1. The van der Waals surface area contributed by atoms with Gasteiger partial charge in [0.25, 0.3) is 0 Å². The summed E-state index contributed by atoms with van der Waals surface area (Å²) in [6, 6.07) is 2.48. The minimum Gasteiger partial charge on any atom is -0.494 e. The summed E-state index contributed by atoms with van der Waals surface area (Å²) in [4.78, 5) is 11.8. The van der Waals surface area contributed by atoms with Crippen molar-refractivity contribution in [1.29, 1.82) is 0 Å². The molecule has 3 nitrogen and oxygen atoms in total. The van der Waals surface area contributed by atoms with E-state index in [9.17, 15) is 9.18 Å². The van der Waals surface area contributed by atoms with Crippen molar-refractivity contribution in [2.24, 2.45) is 0 Å². The fourth-order valence-electron chi connectivity index (χ4n) is 1.65. The molecule has 1 aromatic carbocycles. The number of ether oxygens (including phenoxy) is 2. The van der Waals surface area contributed by atoms with E-state index in [1.165, 1.54) is 26.2 Å². The Labute approximate surface area is 119 Å². The van der Waals surface area contributed by atoms with Gasteiger partial charge in [0.15, 0.2) is 11.6 Å². The minimum atomic E-state index is -2.95. The van der Waals surface area contributed by atoms with Gasteiger partial charge in [0, 0.05) is 11.9 Å². The normalized spacial score (nSPS) is 14.9. The van der Waals surface area contributed by atoms with Crippen LogP contribution in [0.3, 0.4) is 0 Å². The van der Waals surface area contributed by atoms with Gasteiger partial charge in [-0.1, -0.05) is 19.4 Å². The van der Waals surface area contributed by atoms with Crippen LogP contribution in [0.2, 0.25) is 0 Å². The van der Waals surface area contributed by atoms with Gasteiger partial charge >= 0.3 is 5.97 Å². The lowest BCUT2D eigenvalue weighted by Crippen LogP contribution is -2.07. The van der Waals surface area contributed by atoms with E-state index in [2.05, 4.69) is 4.74 Å². The lowest BCUT2D eigenvalue weighted by Gasteiger charge is -2.12. The molecule has 0 amide bonds. The summed E-state index contributed by atoms with van der Waals surface area (Å²) >= 11 is 0. The van der Waals surface area contributed by atoms with Crippen LogP contribution < -0.4 is 4.74 Å². The predicted molar refractivity (Wildman–Crippen MR) is 71.9 cm³/mol. The predicted octanol–water partition coefficient (Wildman–Crippen LogP) is 3.28. The van der Waals surface area contributed by atoms with Gasteiger partial charge in [0.1, 0.15) is 0 Å². The van der Waals surface area contributed by atoms with Gasteiger partial charge < -0.3 is 9.47 Å². The summed E-state index contributed by atoms with van der Waals surface area (Å²) in [6.45, 7) is 3.21. The molecule has 0 fully saturated rings. The minimum absolute atomic E-state index is 0.00465. The monoisotopic (exact) mass is 272 g/mol. The van der Waals surface area contributed by atoms with Gasteiger partial charge in [0.2, 0.25) is 0 Å². The van der Waals surface area contributed by atoms with Gasteiger partial charge in [-0.2, -0.15) is 0 Å². The Bertz CT molecular complexity index is 576. The summed E-state index contributed by atoms with van der Waals surface area (Å²) < 4.78 is 55.8. The molecule has 0 aliphatic heterocycles. The van der Waals surface area contributed by atoms with Crippen LogP contribution in [0.1, 0.15) is 43.3 Å². The Morgan fingerprint density at radius 2 is 2.16 bits per heavy atom. The second kappa shape index (κ2) is 7.77. The number of rotatable bonds is 7. The number of carbonyl (C=O) groups excluding carboxylic acids is 1. The topological polar surface area (TPSA) is 35.5 Å². The van der Waals surface area contributed by atoms with Crippen LogP contribution in [0, 0.1) is 5.82 Å². The zero-order valence-corrected chi connectivity index (χ0v) is 11.4. The highest BCUT2D eigenvalue weighted by atomic mass is 19.1. The van der Waals surface area contributed by atoms with Gasteiger partial charge in [-0.3, -0.25) is 4.79 Å². The van der Waals surface area contributed by atoms with Crippen molar-refractivity contribution in [3.63, 3.8) is 0 Å². The summed E-state index contributed by atoms with van der Waals surface area (Å²) in [6.07, 6.45) is -4.99. The van der Waals surface area contributed by atoms with Crippen molar-refractivity contribution >= 4 is 5.97 Å². The number of carbonyl (C=O) groups is 1. The van der Waals surface area contributed by atoms with Gasteiger partial charge in [-0.25, -0.2) is 4.39 Å². The summed E-state index contributed by atoms with van der Waals surface area (Å²) in [5.41, 5.74) is -0.208. The zero-order valence-electron chi connectivity index (χ0n) is 15.4. The molecule has 0 spiro atoms. The average molecular weight is 272 g/mol. The third-order valence-electron chi connectivity index (χ3n) is 2.50. The quantitative estimate of drug-likeness (QED) is 0.715. The fraction of sp³-hybridized carbons (Fsp3) is 0.533. The highest BCUT2D eigenvalue weighted by Gasteiger charge is 2.14. The number of esters is 1. The Balaban J connectivity index is 3.48. The number of methoxy groups -OCH3 is 1. The van der Waals surface area contributed by atoms with Crippen LogP contribution in [-0.4, -0.2) is 19.7 Å². The first-order valence-corrected chi connectivity index (χ1v) is 6.18. The van der Waals surface area contributed by atoms with Crippen molar-refractivity contribution in [3.8, 4) is 5.75 Å². The highest BCUT2D eigenvalue weighted by molar-refractivity contribution is 5.69. The van der Waals surface area contributed by atoms with Crippen molar-refractivity contribution in [1.82, 2.24) is 0 Å². The van der Waals surface area contributed by atoms with Crippen LogP contribution in [0.15, 0.2) is 12.1 Å². The molecule has 0 atom stereocenters. The number of hydrogen-bond donors (Lipinski definition) is 0. The molecule has 0 aromatic heterocycles. The second-order valence-electron chi connectivity index (χ2n) is 3.83. The SMILES string of the molecule is [2H]C([2H])(C(=O)OCC)C([2H])([2H])c1ccc(OC)c(F)c1CCC. The summed E-state index contributed by atoms with van der Waals surface area (Å²) in [5, 5.41) is 0. The molecule has 1 aromatic rings. The molecule has 0 unspecified atom stereocenters. The molecule has 106 valence electrons. The first-order valence-electron chi connectivity index (χ1n) is 8.18. The highest BCUT2D eigenvalue weighted by Crippen LogP contribution is 2.26. The van der Waals surface area contributed by atoms with E-state index in [-0.39, 0.29) is 29.9 Å². The third kappa shape index (κ3) is 4.23. The van der Waals surface area contributed by atoms with E-state index in [0.29, 0.717) is 6.42 Å². The number of benzene rings is 1. The average Bonchev–Trinajstić information content (AvgIpc) is 2.49. The largest absolute Gasteiger partial charge is 0.494 e. The molecular formula is C15H21FO3. The molecule has 0 heterocycles. The molecule has 1 rings (SSSR count). The van der Waals surface area contributed by atoms with Crippen molar-refractivity contribution in [3.05, 3.63) is 29.1 Å². The fourth-order valence-corrected chi connectivity index (χ4v) is 1.65. The lowest BCUT2D eigenvalue weighted by atomic mass is 9.98. The van der Waals surface area contributed by atoms with Gasteiger partial charge in [-0.05, 0) is 36.9 Å². The summed E-state index contributed by atoms with van der Waals surface area (Å²) in [7, 11) is 1.29. The van der Waals surface area contributed by atoms with Gasteiger partial charge in [-0.15, -0.1) is 0 Å². The standard InChI is InChI=1S/C15H21FO3/c1-4-6-12-11(8-10-14(17)19-5-2)7-9-13(18-3)15(12)16/h7,9H,4-6,8,10H2,1-3H3/i8D2,10D2. The maximum absolute atomic E-state index is 14.5. The molecule has 0 saturated heterocycles. The second-order valence-corrected chi connectivity index (χ2v) is 3.83. The maximum atomic E-state index is 14.5. The molecule has 0 bridgehead atoms. The molecule has 0 aliphatic carbocycles. The van der Waals surface area contributed by atoms with Crippen LogP contribution in [0.5, 0.6) is 5.75 Å². The van der Waals surface area contributed by atoms with E-state index in [0.717, 1.165) is 0 Å². The van der Waals surface area contributed by atoms with Crippen LogP contribution >= 0.6 is 0 Å². The first-order chi connectivity index (χ1) is 10.6. The molecule has 0 saturated carbocycles. The molecule has 0 radical (unpaired) electrons.